The number of hydrogen-bond donors (Lipinski definition) is 1. The van der Waals surface area contributed by atoms with Crippen LogP contribution in [0.5, 0.6) is 0 Å². The molecule has 1 aromatic heterocycles. The summed E-state index contributed by atoms with van der Waals surface area (Å²) in [7, 11) is 0. The molecular weight excluding hydrogens is 363 g/mol. The van der Waals surface area contributed by atoms with Crippen LogP contribution < -0.4 is 0 Å². The number of carbonyl (C=O) groups excluding carboxylic acids is 1. The lowest BCUT2D eigenvalue weighted by molar-refractivity contribution is 0.112. The highest BCUT2D eigenvalue weighted by molar-refractivity contribution is 5.95. The third-order valence-electron chi connectivity index (χ3n) is 5.72. The van der Waals surface area contributed by atoms with E-state index in [2.05, 4.69) is 11.1 Å². The summed E-state index contributed by atoms with van der Waals surface area (Å²) in [6.07, 6.45) is 2.79. The van der Waals surface area contributed by atoms with Gasteiger partial charge in [-0.2, -0.15) is 5.26 Å². The predicted octanol–water partition coefficient (Wildman–Crippen LogP) is 5.62. The van der Waals surface area contributed by atoms with E-state index in [0.29, 0.717) is 23.1 Å². The number of rotatable bonds is 3. The average molecular weight is 380 g/mol. The lowest BCUT2D eigenvalue weighted by Gasteiger charge is -2.16. The first-order valence-corrected chi connectivity index (χ1v) is 9.57. The number of aromatic amines is 1. The zero-order valence-corrected chi connectivity index (χ0v) is 15.6. The van der Waals surface area contributed by atoms with E-state index in [1.165, 1.54) is 0 Å². The molecule has 140 valence electrons. The van der Waals surface area contributed by atoms with E-state index in [-0.39, 0.29) is 5.82 Å². The first kappa shape index (κ1) is 17.4. The van der Waals surface area contributed by atoms with Crippen LogP contribution in [0, 0.1) is 17.1 Å². The molecule has 0 saturated carbocycles. The topological polar surface area (TPSA) is 56.6 Å². The standard InChI is InChI=1S/C25H17FN2O/c26-23-19(17-3-1-2-15(12-17)10-11-27)8-9-22-21-7-5-18-13-16(14-29)4-6-20(18)24(21)28-25(22)23/h1-4,6,8-9,12-14,28H,5,7,10H2. The van der Waals surface area contributed by atoms with Crippen LogP contribution in [-0.4, -0.2) is 11.3 Å². The van der Waals surface area contributed by atoms with Gasteiger partial charge < -0.3 is 4.98 Å². The zero-order chi connectivity index (χ0) is 20.0. The Morgan fingerprint density at radius 3 is 2.76 bits per heavy atom. The van der Waals surface area contributed by atoms with E-state index in [1.54, 1.807) is 6.07 Å². The predicted molar refractivity (Wildman–Crippen MR) is 111 cm³/mol. The number of fused-ring (bicyclic) bond motifs is 5. The summed E-state index contributed by atoms with van der Waals surface area (Å²) in [5.74, 6) is -0.280. The largest absolute Gasteiger partial charge is 0.352 e. The van der Waals surface area contributed by atoms with Crippen molar-refractivity contribution in [1.82, 2.24) is 4.98 Å². The van der Waals surface area contributed by atoms with Crippen molar-refractivity contribution in [3.05, 3.63) is 82.7 Å². The second-order valence-corrected chi connectivity index (χ2v) is 7.40. The molecule has 1 N–H and O–H groups in total. The van der Waals surface area contributed by atoms with Crippen molar-refractivity contribution >= 4 is 17.2 Å². The molecule has 5 rings (SSSR count). The van der Waals surface area contributed by atoms with Crippen LogP contribution in [0.15, 0.2) is 54.6 Å². The fourth-order valence-corrected chi connectivity index (χ4v) is 4.33. The minimum absolute atomic E-state index is 0.280. The van der Waals surface area contributed by atoms with Gasteiger partial charge in [-0.1, -0.05) is 48.5 Å². The lowest BCUT2D eigenvalue weighted by Crippen LogP contribution is -2.03. The van der Waals surface area contributed by atoms with Gasteiger partial charge >= 0.3 is 0 Å². The second-order valence-electron chi connectivity index (χ2n) is 7.40. The summed E-state index contributed by atoms with van der Waals surface area (Å²) in [6.45, 7) is 0. The molecule has 3 aromatic carbocycles. The molecule has 3 nitrogen and oxygen atoms in total. The summed E-state index contributed by atoms with van der Waals surface area (Å²) in [4.78, 5) is 14.4. The van der Waals surface area contributed by atoms with Crippen LogP contribution in [0.4, 0.5) is 4.39 Å². The third-order valence-corrected chi connectivity index (χ3v) is 5.72. The van der Waals surface area contributed by atoms with Crippen molar-refractivity contribution < 1.29 is 9.18 Å². The van der Waals surface area contributed by atoms with Crippen LogP contribution in [0.25, 0.3) is 33.3 Å². The first-order valence-electron chi connectivity index (χ1n) is 9.57. The fraction of sp³-hybridized carbons (Fsp3) is 0.120. The van der Waals surface area contributed by atoms with Crippen molar-refractivity contribution in [1.29, 1.82) is 5.26 Å². The molecule has 0 spiro atoms. The number of nitrogens with zero attached hydrogens (tertiary/aromatic N) is 1. The smallest absolute Gasteiger partial charge is 0.155 e. The Kier molecular flexibility index (Phi) is 4.03. The second kappa shape index (κ2) is 6.72. The Hall–Kier alpha value is -3.71. The number of hydrogen-bond acceptors (Lipinski definition) is 2. The van der Waals surface area contributed by atoms with Gasteiger partial charge in [0.2, 0.25) is 0 Å². The number of aryl methyl sites for hydroxylation is 2. The summed E-state index contributed by atoms with van der Waals surface area (Å²) in [5, 5.41) is 9.84. The molecule has 4 heteroatoms. The molecule has 0 amide bonds. The van der Waals surface area contributed by atoms with Gasteiger partial charge in [0.15, 0.2) is 5.82 Å². The first-order chi connectivity index (χ1) is 14.2. The summed E-state index contributed by atoms with van der Waals surface area (Å²) in [6, 6.07) is 19.1. The molecule has 4 aromatic rings. The molecule has 0 bridgehead atoms. The molecule has 0 atom stereocenters. The third kappa shape index (κ3) is 2.75. The van der Waals surface area contributed by atoms with Crippen LogP contribution in [0.1, 0.15) is 27.0 Å². The highest BCUT2D eigenvalue weighted by Gasteiger charge is 2.23. The molecule has 1 aliphatic carbocycles. The highest BCUT2D eigenvalue weighted by Crippen LogP contribution is 2.40. The average Bonchev–Trinajstić information content (AvgIpc) is 3.14. The number of benzene rings is 3. The van der Waals surface area contributed by atoms with Crippen molar-refractivity contribution in [3.8, 4) is 28.5 Å². The number of aldehydes is 1. The number of halogens is 1. The van der Waals surface area contributed by atoms with Crippen molar-refractivity contribution in [3.63, 3.8) is 0 Å². The van der Waals surface area contributed by atoms with Crippen molar-refractivity contribution in [2.75, 3.05) is 0 Å². The normalized spacial score (nSPS) is 12.3. The molecule has 0 radical (unpaired) electrons. The molecule has 1 heterocycles. The summed E-state index contributed by atoms with van der Waals surface area (Å²) >= 11 is 0. The van der Waals surface area contributed by atoms with E-state index in [1.807, 2.05) is 48.5 Å². The Morgan fingerprint density at radius 1 is 1.07 bits per heavy atom. The number of aromatic nitrogens is 1. The number of nitrogens with one attached hydrogen (secondary N) is 1. The van der Waals surface area contributed by atoms with Crippen LogP contribution in [-0.2, 0) is 19.3 Å². The Morgan fingerprint density at radius 2 is 1.93 bits per heavy atom. The molecule has 0 fully saturated rings. The molecular formula is C25H17FN2O. The van der Waals surface area contributed by atoms with Gasteiger partial charge in [0.05, 0.1) is 23.7 Å². The maximum absolute atomic E-state index is 15.5. The van der Waals surface area contributed by atoms with Crippen LogP contribution in [0.2, 0.25) is 0 Å². The minimum atomic E-state index is -0.280. The Labute approximate surface area is 167 Å². The van der Waals surface area contributed by atoms with Gasteiger partial charge in [-0.25, -0.2) is 4.39 Å². The minimum Gasteiger partial charge on any atom is -0.352 e. The molecule has 0 aliphatic heterocycles. The number of H-pyrrole nitrogens is 1. The van der Waals surface area contributed by atoms with Crippen LogP contribution in [0.3, 0.4) is 0 Å². The van der Waals surface area contributed by atoms with Gasteiger partial charge in [0.1, 0.15) is 6.29 Å². The maximum atomic E-state index is 15.5. The van der Waals surface area contributed by atoms with Crippen LogP contribution >= 0.6 is 0 Å². The molecule has 0 unspecified atom stereocenters. The van der Waals surface area contributed by atoms with E-state index in [4.69, 9.17) is 5.26 Å². The number of carbonyl (C=O) groups is 1. The van der Waals surface area contributed by atoms with Crippen molar-refractivity contribution in [2.24, 2.45) is 0 Å². The van der Waals surface area contributed by atoms with E-state index in [0.717, 1.165) is 58.0 Å². The summed E-state index contributed by atoms with van der Waals surface area (Å²) < 4.78 is 15.5. The van der Waals surface area contributed by atoms with E-state index in [9.17, 15) is 4.79 Å². The van der Waals surface area contributed by atoms with Crippen molar-refractivity contribution in [2.45, 2.75) is 19.3 Å². The highest BCUT2D eigenvalue weighted by atomic mass is 19.1. The van der Waals surface area contributed by atoms with Gasteiger partial charge in [-0.15, -0.1) is 0 Å². The monoisotopic (exact) mass is 380 g/mol. The SMILES string of the molecule is N#CCc1cccc(-c2ccc3c4c([nH]c3c2F)-c2ccc(C=O)cc2CC4)c1. The van der Waals surface area contributed by atoms with E-state index >= 15 is 4.39 Å². The summed E-state index contributed by atoms with van der Waals surface area (Å²) in [5.41, 5.74) is 7.52. The fourth-order valence-electron chi connectivity index (χ4n) is 4.33. The van der Waals surface area contributed by atoms with Gasteiger partial charge in [0, 0.05) is 22.1 Å². The molecule has 29 heavy (non-hydrogen) atoms. The quantitative estimate of drug-likeness (QED) is 0.469. The lowest BCUT2D eigenvalue weighted by atomic mass is 9.88. The van der Waals surface area contributed by atoms with Gasteiger partial charge in [-0.05, 0) is 41.2 Å². The van der Waals surface area contributed by atoms with Gasteiger partial charge in [-0.3, -0.25) is 4.79 Å². The maximum Gasteiger partial charge on any atom is 0.155 e. The van der Waals surface area contributed by atoms with Gasteiger partial charge in [0.25, 0.3) is 0 Å². The molecule has 0 saturated heterocycles. The number of nitriles is 1. The Balaban J connectivity index is 1.67. The van der Waals surface area contributed by atoms with E-state index < -0.39 is 0 Å². The zero-order valence-electron chi connectivity index (χ0n) is 15.6. The Bertz CT molecular complexity index is 1330. The molecule has 1 aliphatic rings.